The molecule has 3 rings (SSSR count). The minimum absolute atomic E-state index is 0.0427. The zero-order valence-corrected chi connectivity index (χ0v) is 17.4. The average Bonchev–Trinajstić information content (AvgIpc) is 2.73. The van der Waals surface area contributed by atoms with Crippen molar-refractivity contribution in [3.63, 3.8) is 0 Å². The van der Waals surface area contributed by atoms with Crippen LogP contribution in [0, 0.1) is 0 Å². The van der Waals surface area contributed by atoms with E-state index in [1.165, 1.54) is 10.7 Å². The van der Waals surface area contributed by atoms with E-state index < -0.39 is 10.0 Å². The molecule has 1 aliphatic carbocycles. The highest BCUT2D eigenvalue weighted by Crippen LogP contribution is 2.28. The molecule has 6 heteroatoms. The predicted octanol–water partition coefficient (Wildman–Crippen LogP) is 4.04. The van der Waals surface area contributed by atoms with E-state index in [0.717, 1.165) is 57.9 Å². The highest BCUT2D eigenvalue weighted by Gasteiger charge is 2.31. The first kappa shape index (κ1) is 20.3. The van der Waals surface area contributed by atoms with Crippen molar-refractivity contribution in [2.24, 2.45) is 0 Å². The number of benzene rings is 1. The van der Waals surface area contributed by atoms with Crippen molar-refractivity contribution in [1.82, 2.24) is 9.21 Å². The summed E-state index contributed by atoms with van der Waals surface area (Å²) in [7, 11) is -1.90. The molecule has 0 bridgehead atoms. The molecule has 0 N–H and O–H groups in total. The molecule has 1 aromatic rings. The fraction of sp³-hybridized carbons (Fsp3) is 0.667. The van der Waals surface area contributed by atoms with E-state index in [1.807, 2.05) is 4.90 Å². The molecule has 0 radical (unpaired) electrons. The van der Waals surface area contributed by atoms with Gasteiger partial charge in [-0.2, -0.15) is 4.31 Å². The van der Waals surface area contributed by atoms with Gasteiger partial charge in [-0.25, -0.2) is 8.42 Å². The van der Waals surface area contributed by atoms with Gasteiger partial charge in [-0.1, -0.05) is 32.3 Å². The van der Waals surface area contributed by atoms with Crippen LogP contribution < -0.4 is 0 Å². The molecule has 1 amide bonds. The zero-order chi connectivity index (χ0) is 19.4. The summed E-state index contributed by atoms with van der Waals surface area (Å²) in [5.74, 6) is -0.0427. The molecule has 27 heavy (non-hydrogen) atoms. The van der Waals surface area contributed by atoms with Crippen LogP contribution in [-0.2, 0) is 10.0 Å². The number of rotatable bonds is 5. The monoisotopic (exact) mass is 392 g/mol. The number of hydrogen-bond acceptors (Lipinski definition) is 3. The van der Waals surface area contributed by atoms with Gasteiger partial charge in [0.1, 0.15) is 0 Å². The Morgan fingerprint density at radius 3 is 2.52 bits per heavy atom. The van der Waals surface area contributed by atoms with Crippen LogP contribution in [0.25, 0.3) is 0 Å². The Bertz CT molecular complexity index is 756. The van der Waals surface area contributed by atoms with Crippen LogP contribution in [0.3, 0.4) is 0 Å². The maximum absolute atomic E-state index is 13.1. The summed E-state index contributed by atoms with van der Waals surface area (Å²) < 4.78 is 27.7. The number of carbonyl (C=O) groups excluding carboxylic acids is 1. The lowest BCUT2D eigenvalue weighted by molar-refractivity contribution is 0.0608. The van der Waals surface area contributed by atoms with Gasteiger partial charge in [0.05, 0.1) is 4.90 Å². The van der Waals surface area contributed by atoms with Crippen molar-refractivity contribution in [2.75, 3.05) is 13.6 Å². The number of amides is 1. The number of hydrogen-bond donors (Lipinski definition) is 0. The van der Waals surface area contributed by atoms with Gasteiger partial charge in [-0.3, -0.25) is 4.79 Å². The lowest BCUT2D eigenvalue weighted by Gasteiger charge is -2.35. The predicted molar refractivity (Wildman–Crippen MR) is 107 cm³/mol. The molecule has 0 aromatic heterocycles. The Labute approximate surface area is 163 Å². The quantitative estimate of drug-likeness (QED) is 0.760. The van der Waals surface area contributed by atoms with Crippen LogP contribution in [0.5, 0.6) is 0 Å². The van der Waals surface area contributed by atoms with Crippen LogP contribution in [-0.4, -0.2) is 49.2 Å². The average molecular weight is 393 g/mol. The summed E-state index contributed by atoms with van der Waals surface area (Å²) in [6, 6.07) is 6.94. The highest BCUT2D eigenvalue weighted by atomic mass is 32.2. The second kappa shape index (κ2) is 8.74. The van der Waals surface area contributed by atoms with Crippen molar-refractivity contribution >= 4 is 15.9 Å². The van der Waals surface area contributed by atoms with Gasteiger partial charge in [-0.15, -0.1) is 0 Å². The first-order chi connectivity index (χ1) is 12.9. The fourth-order valence-corrected chi connectivity index (χ4v) is 5.92. The van der Waals surface area contributed by atoms with E-state index in [0.29, 0.717) is 5.56 Å². The molecule has 1 saturated heterocycles. The minimum Gasteiger partial charge on any atom is -0.336 e. The summed E-state index contributed by atoms with van der Waals surface area (Å²) in [6.07, 6.45) is 9.32. The summed E-state index contributed by atoms with van der Waals surface area (Å²) in [5, 5.41) is 0. The molecule has 1 aliphatic heterocycles. The third-order valence-corrected chi connectivity index (χ3v) is 8.11. The smallest absolute Gasteiger partial charge is 0.254 e. The molecule has 0 spiro atoms. The number of carbonyl (C=O) groups is 1. The molecule has 1 unspecified atom stereocenters. The van der Waals surface area contributed by atoms with Gasteiger partial charge in [-0.05, 0) is 56.7 Å². The number of sulfonamides is 1. The lowest BCUT2D eigenvalue weighted by Crippen LogP contribution is -2.43. The Kier molecular flexibility index (Phi) is 6.58. The third-order valence-electron chi connectivity index (χ3n) is 6.21. The van der Waals surface area contributed by atoms with E-state index in [-0.39, 0.29) is 22.9 Å². The van der Waals surface area contributed by atoms with Gasteiger partial charge < -0.3 is 4.90 Å². The maximum atomic E-state index is 13.1. The number of nitrogens with zero attached hydrogens (tertiary/aromatic N) is 2. The normalized spacial score (nSPS) is 22.2. The zero-order valence-electron chi connectivity index (χ0n) is 16.6. The summed E-state index contributed by atoms with van der Waals surface area (Å²) in [5.41, 5.74) is 0.480. The van der Waals surface area contributed by atoms with Crippen LogP contribution in [0.2, 0.25) is 0 Å². The minimum atomic E-state index is -3.58. The topological polar surface area (TPSA) is 57.7 Å². The number of likely N-dealkylation sites (tertiary alicyclic amines) is 1. The highest BCUT2D eigenvalue weighted by molar-refractivity contribution is 7.89. The van der Waals surface area contributed by atoms with E-state index in [4.69, 9.17) is 0 Å². The molecular weight excluding hydrogens is 360 g/mol. The van der Waals surface area contributed by atoms with Crippen molar-refractivity contribution in [3.05, 3.63) is 29.8 Å². The SMILES string of the molecule is CCC1CCCCN1C(=O)c1cccc(S(=O)(=O)N(C)C2CCCCC2)c1. The molecule has 1 saturated carbocycles. The summed E-state index contributed by atoms with van der Waals surface area (Å²) >= 11 is 0. The van der Waals surface area contributed by atoms with Crippen molar-refractivity contribution in [1.29, 1.82) is 0 Å². The first-order valence-electron chi connectivity index (χ1n) is 10.3. The first-order valence-corrected chi connectivity index (χ1v) is 11.8. The van der Waals surface area contributed by atoms with Gasteiger partial charge in [0.15, 0.2) is 0 Å². The molecule has 1 aromatic carbocycles. The largest absolute Gasteiger partial charge is 0.336 e. The number of piperidine rings is 1. The van der Waals surface area contributed by atoms with Crippen LogP contribution in [0.15, 0.2) is 29.2 Å². The van der Waals surface area contributed by atoms with E-state index in [2.05, 4.69) is 6.92 Å². The summed E-state index contributed by atoms with van der Waals surface area (Å²) in [4.78, 5) is 15.2. The Hall–Kier alpha value is -1.40. The molecule has 2 fully saturated rings. The second-order valence-electron chi connectivity index (χ2n) is 7.90. The summed E-state index contributed by atoms with van der Waals surface area (Å²) in [6.45, 7) is 2.87. The Morgan fingerprint density at radius 1 is 1.11 bits per heavy atom. The molecule has 5 nitrogen and oxygen atoms in total. The van der Waals surface area contributed by atoms with Gasteiger partial charge in [0, 0.05) is 31.2 Å². The molecule has 1 heterocycles. The van der Waals surface area contributed by atoms with E-state index in [1.54, 1.807) is 31.3 Å². The van der Waals surface area contributed by atoms with E-state index >= 15 is 0 Å². The molecule has 2 aliphatic rings. The Morgan fingerprint density at radius 2 is 1.81 bits per heavy atom. The lowest BCUT2D eigenvalue weighted by atomic mass is 9.96. The fourth-order valence-electron chi connectivity index (χ4n) is 4.45. The van der Waals surface area contributed by atoms with Crippen molar-refractivity contribution < 1.29 is 13.2 Å². The van der Waals surface area contributed by atoms with Crippen LogP contribution >= 0.6 is 0 Å². The van der Waals surface area contributed by atoms with E-state index in [9.17, 15) is 13.2 Å². The second-order valence-corrected chi connectivity index (χ2v) is 9.89. The standard InChI is InChI=1S/C21H32N2O3S/c1-3-18-11-7-8-15-23(18)21(24)17-10-9-14-20(16-17)27(25,26)22(2)19-12-5-4-6-13-19/h9-10,14,16,18-19H,3-8,11-13,15H2,1-2H3. The van der Waals surface area contributed by atoms with Crippen molar-refractivity contribution in [2.45, 2.75) is 81.7 Å². The molecule has 1 atom stereocenters. The Balaban J connectivity index is 1.82. The van der Waals surface area contributed by atoms with Crippen LogP contribution in [0.4, 0.5) is 0 Å². The van der Waals surface area contributed by atoms with Crippen molar-refractivity contribution in [3.8, 4) is 0 Å². The third kappa shape index (κ3) is 4.37. The van der Waals surface area contributed by atoms with Gasteiger partial charge in [0.2, 0.25) is 10.0 Å². The maximum Gasteiger partial charge on any atom is 0.254 e. The van der Waals surface area contributed by atoms with Gasteiger partial charge >= 0.3 is 0 Å². The van der Waals surface area contributed by atoms with Crippen LogP contribution in [0.1, 0.15) is 75.1 Å². The van der Waals surface area contributed by atoms with Gasteiger partial charge in [0.25, 0.3) is 5.91 Å². The molecule has 150 valence electrons. The molecular formula is C21H32N2O3S.